The van der Waals surface area contributed by atoms with E-state index >= 15 is 0 Å². The van der Waals surface area contributed by atoms with Gasteiger partial charge in [-0.05, 0) is 6.42 Å². The monoisotopic (exact) mass is 306 g/mol. The fourth-order valence-corrected chi connectivity index (χ4v) is 2.22. The maximum absolute atomic E-state index is 11.5. The lowest BCUT2D eigenvalue weighted by Gasteiger charge is -2.20. The Morgan fingerprint density at radius 3 is 2.38 bits per heavy atom. The quantitative estimate of drug-likeness (QED) is 0.341. The van der Waals surface area contributed by atoms with Crippen LogP contribution in [0.1, 0.15) is 45.4 Å². The summed E-state index contributed by atoms with van der Waals surface area (Å²) in [7, 11) is 0. The van der Waals surface area contributed by atoms with E-state index in [0.717, 1.165) is 32.1 Å². The molecule has 1 aliphatic heterocycles. The maximum atomic E-state index is 11.5. The number of unbranched alkanes of at least 4 members (excludes halogenated alkanes) is 4. The van der Waals surface area contributed by atoms with E-state index in [9.17, 15) is 25.2 Å². The normalized spacial score (nSPS) is 30.3. The van der Waals surface area contributed by atoms with E-state index in [-0.39, 0.29) is 13.0 Å². The molecule has 124 valence electrons. The van der Waals surface area contributed by atoms with Gasteiger partial charge in [0, 0.05) is 6.42 Å². The predicted octanol–water partition coefficient (Wildman–Crippen LogP) is -0.310. The van der Waals surface area contributed by atoms with Crippen LogP contribution in [0.25, 0.3) is 0 Å². The SMILES string of the molecule is CCCCCCCC(=O)OC[C@@H](O)[C@H]1OC(O)[C@H](O)[C@@H]1O. The number of carbonyl (C=O) groups excluding carboxylic acids is 1. The third-order valence-electron chi connectivity index (χ3n) is 3.55. The molecule has 0 radical (unpaired) electrons. The first-order valence-electron chi connectivity index (χ1n) is 7.50. The molecule has 0 saturated carbocycles. The highest BCUT2D eigenvalue weighted by Gasteiger charge is 2.45. The van der Waals surface area contributed by atoms with E-state index in [2.05, 4.69) is 6.92 Å². The summed E-state index contributed by atoms with van der Waals surface area (Å²) in [5, 5.41) is 37.8. The standard InChI is InChI=1S/C14H26O7/c1-2-3-4-5-6-7-10(16)20-8-9(15)13-11(17)12(18)14(19)21-13/h9,11-15,17-19H,2-8H2,1H3/t9-,11+,12-,13-,14?/m1/s1. The van der Waals surface area contributed by atoms with E-state index in [1.165, 1.54) is 0 Å². The predicted molar refractivity (Wildman–Crippen MR) is 73.2 cm³/mol. The summed E-state index contributed by atoms with van der Waals surface area (Å²) in [6.07, 6.45) is -1.53. The molecule has 0 aliphatic carbocycles. The lowest BCUT2D eigenvalue weighted by Crippen LogP contribution is -2.41. The molecule has 0 amide bonds. The third-order valence-corrected chi connectivity index (χ3v) is 3.55. The van der Waals surface area contributed by atoms with Gasteiger partial charge >= 0.3 is 5.97 Å². The Morgan fingerprint density at radius 2 is 1.81 bits per heavy atom. The number of carbonyl (C=O) groups is 1. The molecule has 1 aliphatic rings. The zero-order chi connectivity index (χ0) is 15.8. The van der Waals surface area contributed by atoms with Crippen LogP contribution in [-0.4, -0.2) is 63.7 Å². The van der Waals surface area contributed by atoms with Gasteiger partial charge in [0.05, 0.1) is 0 Å². The van der Waals surface area contributed by atoms with Gasteiger partial charge in [-0.1, -0.05) is 32.6 Å². The molecule has 4 N–H and O–H groups in total. The van der Waals surface area contributed by atoms with Gasteiger partial charge in [0.15, 0.2) is 6.29 Å². The number of rotatable bonds is 9. The molecular weight excluding hydrogens is 280 g/mol. The van der Waals surface area contributed by atoms with E-state index in [1.54, 1.807) is 0 Å². The first-order chi connectivity index (χ1) is 9.97. The zero-order valence-electron chi connectivity index (χ0n) is 12.4. The highest BCUT2D eigenvalue weighted by Crippen LogP contribution is 2.22. The van der Waals surface area contributed by atoms with Gasteiger partial charge in [-0.2, -0.15) is 0 Å². The van der Waals surface area contributed by atoms with Crippen LogP contribution in [0.3, 0.4) is 0 Å². The molecule has 1 unspecified atom stereocenters. The van der Waals surface area contributed by atoms with Gasteiger partial charge in [-0.25, -0.2) is 0 Å². The molecule has 0 aromatic heterocycles. The average molecular weight is 306 g/mol. The van der Waals surface area contributed by atoms with E-state index in [1.807, 2.05) is 0 Å². The molecule has 0 spiro atoms. The van der Waals surface area contributed by atoms with Gasteiger partial charge in [0.2, 0.25) is 0 Å². The molecule has 0 bridgehead atoms. The van der Waals surface area contributed by atoms with Gasteiger partial charge < -0.3 is 29.9 Å². The minimum atomic E-state index is -1.55. The molecule has 1 fully saturated rings. The van der Waals surface area contributed by atoms with Crippen molar-refractivity contribution < 1.29 is 34.7 Å². The Hall–Kier alpha value is -0.730. The number of ether oxygens (including phenoxy) is 2. The summed E-state index contributed by atoms with van der Waals surface area (Å²) in [4.78, 5) is 11.5. The highest BCUT2D eigenvalue weighted by atomic mass is 16.7. The number of aliphatic hydroxyl groups is 4. The zero-order valence-corrected chi connectivity index (χ0v) is 12.4. The Kier molecular flexibility index (Phi) is 8.13. The largest absolute Gasteiger partial charge is 0.463 e. The first kappa shape index (κ1) is 18.3. The van der Waals surface area contributed by atoms with Crippen molar-refractivity contribution >= 4 is 5.97 Å². The van der Waals surface area contributed by atoms with Crippen LogP contribution in [0.4, 0.5) is 0 Å². The van der Waals surface area contributed by atoms with Crippen molar-refractivity contribution in [2.75, 3.05) is 6.61 Å². The number of hydrogen-bond acceptors (Lipinski definition) is 7. The Balaban J connectivity index is 2.18. The summed E-state index contributed by atoms with van der Waals surface area (Å²) in [5.74, 6) is -0.417. The molecular formula is C14H26O7. The van der Waals surface area contributed by atoms with Crippen LogP contribution in [-0.2, 0) is 14.3 Å². The molecule has 7 heteroatoms. The second-order valence-corrected chi connectivity index (χ2v) is 5.39. The molecule has 1 saturated heterocycles. The minimum absolute atomic E-state index is 0.287. The van der Waals surface area contributed by atoms with E-state index in [4.69, 9.17) is 9.47 Å². The lowest BCUT2D eigenvalue weighted by molar-refractivity contribution is -0.163. The van der Waals surface area contributed by atoms with E-state index < -0.39 is 36.7 Å². The third kappa shape index (κ3) is 5.88. The highest BCUT2D eigenvalue weighted by molar-refractivity contribution is 5.69. The fourth-order valence-electron chi connectivity index (χ4n) is 2.22. The second kappa shape index (κ2) is 9.32. The molecule has 1 heterocycles. The molecule has 21 heavy (non-hydrogen) atoms. The number of aliphatic hydroxyl groups excluding tert-OH is 4. The van der Waals surface area contributed by atoms with Crippen molar-refractivity contribution in [1.82, 2.24) is 0 Å². The fraction of sp³-hybridized carbons (Fsp3) is 0.929. The smallest absolute Gasteiger partial charge is 0.305 e. The minimum Gasteiger partial charge on any atom is -0.463 e. The number of hydrogen-bond donors (Lipinski definition) is 4. The number of esters is 1. The Labute approximate surface area is 124 Å². The second-order valence-electron chi connectivity index (χ2n) is 5.39. The summed E-state index contributed by atoms with van der Waals surface area (Å²) in [6.45, 7) is 1.78. The Bertz CT molecular complexity index is 310. The molecule has 7 nitrogen and oxygen atoms in total. The van der Waals surface area contributed by atoms with Crippen LogP contribution < -0.4 is 0 Å². The maximum Gasteiger partial charge on any atom is 0.305 e. The van der Waals surface area contributed by atoms with Crippen LogP contribution in [0, 0.1) is 0 Å². The topological polar surface area (TPSA) is 116 Å². The summed E-state index contributed by atoms with van der Waals surface area (Å²) >= 11 is 0. The first-order valence-corrected chi connectivity index (χ1v) is 7.50. The average Bonchev–Trinajstić information content (AvgIpc) is 2.72. The van der Waals surface area contributed by atoms with Gasteiger partial charge in [-0.3, -0.25) is 4.79 Å². The van der Waals surface area contributed by atoms with Crippen molar-refractivity contribution in [1.29, 1.82) is 0 Å². The van der Waals surface area contributed by atoms with Crippen molar-refractivity contribution in [3.05, 3.63) is 0 Å². The van der Waals surface area contributed by atoms with Crippen LogP contribution in [0.2, 0.25) is 0 Å². The van der Waals surface area contributed by atoms with Gasteiger partial charge in [-0.15, -0.1) is 0 Å². The van der Waals surface area contributed by atoms with Crippen molar-refractivity contribution in [2.45, 2.75) is 76.2 Å². The van der Waals surface area contributed by atoms with Crippen molar-refractivity contribution in [2.24, 2.45) is 0 Å². The van der Waals surface area contributed by atoms with Gasteiger partial charge in [0.25, 0.3) is 0 Å². The van der Waals surface area contributed by atoms with Gasteiger partial charge in [0.1, 0.15) is 31.0 Å². The molecule has 1 rings (SSSR count). The summed E-state index contributed by atoms with van der Waals surface area (Å²) in [6, 6.07) is 0. The van der Waals surface area contributed by atoms with Crippen LogP contribution >= 0.6 is 0 Å². The summed E-state index contributed by atoms with van der Waals surface area (Å²) < 4.78 is 9.72. The van der Waals surface area contributed by atoms with Crippen molar-refractivity contribution in [3.8, 4) is 0 Å². The molecule has 0 aromatic rings. The van der Waals surface area contributed by atoms with Crippen molar-refractivity contribution in [3.63, 3.8) is 0 Å². The van der Waals surface area contributed by atoms with Crippen LogP contribution in [0.5, 0.6) is 0 Å². The van der Waals surface area contributed by atoms with E-state index in [0.29, 0.717) is 0 Å². The summed E-state index contributed by atoms with van der Waals surface area (Å²) in [5.41, 5.74) is 0. The van der Waals surface area contributed by atoms with Crippen LogP contribution in [0.15, 0.2) is 0 Å². The lowest BCUT2D eigenvalue weighted by atomic mass is 10.1. The Morgan fingerprint density at radius 1 is 1.14 bits per heavy atom. The molecule has 0 aromatic carbocycles. The molecule has 5 atom stereocenters.